The first-order chi connectivity index (χ1) is 8.15. The molecule has 2 N–H and O–H groups in total. The summed E-state index contributed by atoms with van der Waals surface area (Å²) in [6.45, 7) is 0. The SMILES string of the molecule is CN(C)c1nnc(CCc2ccc(N)cc2)o1. The molecule has 0 amide bonds. The molecule has 1 aromatic carbocycles. The van der Waals surface area contributed by atoms with Crippen LogP contribution in [0.4, 0.5) is 11.7 Å². The normalized spacial score (nSPS) is 10.5. The summed E-state index contributed by atoms with van der Waals surface area (Å²) in [5, 5.41) is 7.92. The Kier molecular flexibility index (Phi) is 3.27. The van der Waals surface area contributed by atoms with Crippen molar-refractivity contribution in [2.45, 2.75) is 12.8 Å². The maximum absolute atomic E-state index is 5.62. The molecule has 0 unspecified atom stereocenters. The van der Waals surface area contributed by atoms with Gasteiger partial charge in [0.05, 0.1) is 0 Å². The van der Waals surface area contributed by atoms with Crippen LogP contribution in [0.25, 0.3) is 0 Å². The van der Waals surface area contributed by atoms with Crippen LogP contribution in [-0.2, 0) is 12.8 Å². The second-order valence-electron chi connectivity index (χ2n) is 4.11. The van der Waals surface area contributed by atoms with Gasteiger partial charge in [-0.25, -0.2) is 0 Å². The minimum atomic E-state index is 0.539. The van der Waals surface area contributed by atoms with Crippen molar-refractivity contribution in [1.29, 1.82) is 0 Å². The Balaban J connectivity index is 1.95. The van der Waals surface area contributed by atoms with E-state index >= 15 is 0 Å². The molecular formula is C12H16N4O. The number of aromatic nitrogens is 2. The highest BCUT2D eigenvalue weighted by Crippen LogP contribution is 2.12. The quantitative estimate of drug-likeness (QED) is 0.809. The molecule has 1 heterocycles. The summed E-state index contributed by atoms with van der Waals surface area (Å²) >= 11 is 0. The van der Waals surface area contributed by atoms with Crippen LogP contribution in [0.5, 0.6) is 0 Å². The first-order valence-corrected chi connectivity index (χ1v) is 5.49. The number of nitrogens with two attached hydrogens (primary N) is 1. The molecule has 0 saturated heterocycles. The summed E-state index contributed by atoms with van der Waals surface area (Å²) in [6, 6.07) is 8.36. The molecule has 0 atom stereocenters. The Morgan fingerprint density at radius 1 is 1.12 bits per heavy atom. The number of anilines is 2. The summed E-state index contributed by atoms with van der Waals surface area (Å²) in [4.78, 5) is 1.79. The molecule has 0 fully saturated rings. The van der Waals surface area contributed by atoms with E-state index in [4.69, 9.17) is 10.2 Å². The smallest absolute Gasteiger partial charge is 0.317 e. The van der Waals surface area contributed by atoms with Crippen molar-refractivity contribution in [3.8, 4) is 0 Å². The van der Waals surface area contributed by atoms with Crippen LogP contribution in [0.15, 0.2) is 28.7 Å². The second kappa shape index (κ2) is 4.86. The number of hydrogen-bond acceptors (Lipinski definition) is 5. The highest BCUT2D eigenvalue weighted by molar-refractivity contribution is 5.39. The predicted molar refractivity (Wildman–Crippen MR) is 66.9 cm³/mol. The van der Waals surface area contributed by atoms with Crippen LogP contribution >= 0.6 is 0 Å². The summed E-state index contributed by atoms with van der Waals surface area (Å²) in [6.07, 6.45) is 1.61. The van der Waals surface area contributed by atoms with Crippen molar-refractivity contribution in [3.05, 3.63) is 35.7 Å². The topological polar surface area (TPSA) is 68.2 Å². The van der Waals surface area contributed by atoms with E-state index in [9.17, 15) is 0 Å². The van der Waals surface area contributed by atoms with Gasteiger partial charge < -0.3 is 15.1 Å². The van der Waals surface area contributed by atoms with E-state index < -0.39 is 0 Å². The van der Waals surface area contributed by atoms with Crippen LogP contribution < -0.4 is 10.6 Å². The average molecular weight is 232 g/mol. The van der Waals surface area contributed by atoms with E-state index in [1.54, 1.807) is 4.90 Å². The molecule has 0 bridgehead atoms. The Bertz CT molecular complexity index is 476. The zero-order valence-corrected chi connectivity index (χ0v) is 10.1. The van der Waals surface area contributed by atoms with E-state index in [1.807, 2.05) is 38.4 Å². The number of rotatable bonds is 4. The molecule has 2 rings (SSSR count). The fourth-order valence-electron chi connectivity index (χ4n) is 1.46. The van der Waals surface area contributed by atoms with Crippen molar-refractivity contribution in [3.63, 3.8) is 0 Å². The van der Waals surface area contributed by atoms with Crippen molar-refractivity contribution in [2.75, 3.05) is 24.7 Å². The van der Waals surface area contributed by atoms with Crippen molar-refractivity contribution < 1.29 is 4.42 Å². The third-order valence-corrected chi connectivity index (χ3v) is 2.45. The number of aryl methyl sites for hydroxylation is 2. The Morgan fingerprint density at radius 3 is 2.41 bits per heavy atom. The number of hydrogen-bond donors (Lipinski definition) is 1. The molecule has 0 aliphatic rings. The molecule has 1 aromatic heterocycles. The van der Waals surface area contributed by atoms with Crippen LogP contribution in [-0.4, -0.2) is 24.3 Å². The largest absolute Gasteiger partial charge is 0.408 e. The molecule has 0 aliphatic heterocycles. The monoisotopic (exact) mass is 232 g/mol. The van der Waals surface area contributed by atoms with Crippen LogP contribution in [0, 0.1) is 0 Å². The highest BCUT2D eigenvalue weighted by atomic mass is 16.4. The first kappa shape index (κ1) is 11.4. The molecule has 17 heavy (non-hydrogen) atoms. The van der Waals surface area contributed by atoms with Gasteiger partial charge in [-0.05, 0) is 24.1 Å². The first-order valence-electron chi connectivity index (χ1n) is 5.49. The summed E-state index contributed by atoms with van der Waals surface area (Å²) in [5.41, 5.74) is 7.62. The minimum Gasteiger partial charge on any atom is -0.408 e. The van der Waals surface area contributed by atoms with Gasteiger partial charge >= 0.3 is 6.01 Å². The van der Waals surface area contributed by atoms with Crippen LogP contribution in [0.3, 0.4) is 0 Å². The molecule has 2 aromatic rings. The lowest BCUT2D eigenvalue weighted by molar-refractivity contribution is 0.494. The van der Waals surface area contributed by atoms with Crippen LogP contribution in [0.2, 0.25) is 0 Å². The fourth-order valence-corrected chi connectivity index (χ4v) is 1.46. The molecule has 0 aliphatic carbocycles. The van der Waals surface area contributed by atoms with Gasteiger partial charge in [0.1, 0.15) is 0 Å². The maximum Gasteiger partial charge on any atom is 0.317 e. The predicted octanol–water partition coefficient (Wildman–Crippen LogP) is 1.50. The van der Waals surface area contributed by atoms with E-state index in [0.29, 0.717) is 11.9 Å². The van der Waals surface area contributed by atoms with Gasteiger partial charge in [-0.15, -0.1) is 5.10 Å². The van der Waals surface area contributed by atoms with E-state index in [-0.39, 0.29) is 0 Å². The summed E-state index contributed by atoms with van der Waals surface area (Å²) < 4.78 is 5.47. The molecule has 0 saturated carbocycles. The Labute approximate surface area is 100 Å². The third-order valence-electron chi connectivity index (χ3n) is 2.45. The molecule has 90 valence electrons. The van der Waals surface area contributed by atoms with Crippen molar-refractivity contribution in [1.82, 2.24) is 10.2 Å². The van der Waals surface area contributed by atoms with Gasteiger partial charge in [0, 0.05) is 26.2 Å². The van der Waals surface area contributed by atoms with Crippen molar-refractivity contribution >= 4 is 11.7 Å². The highest BCUT2D eigenvalue weighted by Gasteiger charge is 2.07. The standard InChI is InChI=1S/C12H16N4O/c1-16(2)12-15-14-11(17-12)8-5-9-3-6-10(13)7-4-9/h3-4,6-7H,5,8,13H2,1-2H3. The lowest BCUT2D eigenvalue weighted by Gasteiger charge is -2.03. The number of benzene rings is 1. The van der Waals surface area contributed by atoms with Gasteiger partial charge in [0.25, 0.3) is 0 Å². The second-order valence-corrected chi connectivity index (χ2v) is 4.11. The fraction of sp³-hybridized carbons (Fsp3) is 0.333. The Morgan fingerprint density at radius 2 is 1.82 bits per heavy atom. The molecule has 5 heteroatoms. The lowest BCUT2D eigenvalue weighted by Crippen LogP contribution is -2.08. The van der Waals surface area contributed by atoms with E-state index in [2.05, 4.69) is 10.2 Å². The van der Waals surface area contributed by atoms with E-state index in [1.165, 1.54) is 5.56 Å². The minimum absolute atomic E-state index is 0.539. The Hall–Kier alpha value is -2.04. The van der Waals surface area contributed by atoms with E-state index in [0.717, 1.165) is 18.5 Å². The average Bonchev–Trinajstić information content (AvgIpc) is 2.77. The third kappa shape index (κ3) is 2.96. The van der Waals surface area contributed by atoms with Gasteiger partial charge in [-0.2, -0.15) is 0 Å². The summed E-state index contributed by atoms with van der Waals surface area (Å²) in [5.74, 6) is 0.658. The molecule has 0 spiro atoms. The van der Waals surface area contributed by atoms with Gasteiger partial charge in [-0.3, -0.25) is 0 Å². The number of nitrogens with zero attached hydrogens (tertiary/aromatic N) is 3. The number of nitrogen functional groups attached to an aromatic ring is 1. The molecule has 5 nitrogen and oxygen atoms in total. The molecular weight excluding hydrogens is 216 g/mol. The van der Waals surface area contributed by atoms with Gasteiger partial charge in [0.15, 0.2) is 0 Å². The molecule has 0 radical (unpaired) electrons. The lowest BCUT2D eigenvalue weighted by atomic mass is 10.1. The van der Waals surface area contributed by atoms with Crippen LogP contribution in [0.1, 0.15) is 11.5 Å². The summed E-state index contributed by atoms with van der Waals surface area (Å²) in [7, 11) is 3.74. The van der Waals surface area contributed by atoms with Gasteiger partial charge in [-0.1, -0.05) is 17.2 Å². The maximum atomic E-state index is 5.62. The van der Waals surface area contributed by atoms with Gasteiger partial charge in [0.2, 0.25) is 5.89 Å². The zero-order valence-electron chi connectivity index (χ0n) is 10.1. The van der Waals surface area contributed by atoms with Crippen molar-refractivity contribution in [2.24, 2.45) is 0 Å². The zero-order chi connectivity index (χ0) is 12.3.